The first-order chi connectivity index (χ1) is 19.1. The number of ketones is 1. The quantitative estimate of drug-likeness (QED) is 0.452. The van der Waals surface area contributed by atoms with Gasteiger partial charge in [0.1, 0.15) is 5.92 Å². The van der Waals surface area contributed by atoms with Crippen molar-refractivity contribution >= 4 is 23.1 Å². The van der Waals surface area contributed by atoms with E-state index >= 15 is 0 Å². The number of fused-ring (bicyclic) bond motifs is 1. The van der Waals surface area contributed by atoms with E-state index in [1.54, 1.807) is 24.3 Å². The van der Waals surface area contributed by atoms with Gasteiger partial charge in [0.25, 0.3) is 0 Å². The number of rotatable bonds is 6. The molecule has 1 amide bonds. The van der Waals surface area contributed by atoms with Crippen molar-refractivity contribution in [2.75, 3.05) is 10.2 Å². The number of anilines is 2. The molecule has 6 rings (SSSR count). The second-order valence-electron chi connectivity index (χ2n) is 10.4. The third-order valence-electron chi connectivity index (χ3n) is 8.06. The lowest BCUT2D eigenvalue weighted by atomic mass is 9.81. The number of Topliss-reactive ketones (excluding diaryl/α,β-unsaturated/α-hetero) is 1. The molecule has 0 fully saturated rings. The van der Waals surface area contributed by atoms with Crippen LogP contribution in [-0.2, 0) is 9.59 Å². The Labute approximate surface area is 229 Å². The summed E-state index contributed by atoms with van der Waals surface area (Å²) in [6, 6.07) is 18.2. The third-order valence-corrected chi connectivity index (χ3v) is 8.06. The number of carbonyl (C=O) groups is 2. The summed E-state index contributed by atoms with van der Waals surface area (Å²) in [5.41, 5.74) is 5.32. The largest absolute Gasteiger partial charge is 0.387 e. The molecule has 4 aliphatic rings. The summed E-state index contributed by atoms with van der Waals surface area (Å²) in [6.07, 6.45) is 21.4. The fraction of sp³-hybridized carbons (Fsp3) is 0.235. The molecule has 0 saturated heterocycles. The minimum Gasteiger partial charge on any atom is -0.387 e. The van der Waals surface area contributed by atoms with Gasteiger partial charge in [0.15, 0.2) is 5.78 Å². The van der Waals surface area contributed by atoms with Gasteiger partial charge in [0.05, 0.1) is 18.2 Å². The maximum absolute atomic E-state index is 13.3. The number of hydrogen-bond acceptors (Lipinski definition) is 4. The van der Waals surface area contributed by atoms with E-state index in [2.05, 4.69) is 83.1 Å². The van der Waals surface area contributed by atoms with Gasteiger partial charge in [-0.1, -0.05) is 91.1 Å². The fourth-order valence-corrected chi connectivity index (χ4v) is 6.00. The Morgan fingerprint density at radius 1 is 0.897 bits per heavy atom. The topological polar surface area (TPSA) is 69.6 Å². The van der Waals surface area contributed by atoms with E-state index in [0.717, 1.165) is 19.3 Å². The standard InChI is InChI=1S/C34H32N2O3/c37-32(31-33(38)29-13-7-8-14-30(29)35-34(31)39)25-17-15-23(16-18-25)24-19-21-28(22-20-24)36(26-9-3-1-4-10-26)27-11-5-2-6-12-27/h1-11,13-15,17,19-21,27-28,31,33,38H,12,16,18,22H2,(H,35,39). The van der Waals surface area contributed by atoms with Gasteiger partial charge in [-0.15, -0.1) is 0 Å². The summed E-state index contributed by atoms with van der Waals surface area (Å²) in [5, 5.41) is 13.6. The molecule has 39 heavy (non-hydrogen) atoms. The summed E-state index contributed by atoms with van der Waals surface area (Å²) in [5.74, 6) is -1.87. The smallest absolute Gasteiger partial charge is 0.238 e. The molecular weight excluding hydrogens is 484 g/mol. The highest BCUT2D eigenvalue weighted by molar-refractivity contribution is 6.15. The average molecular weight is 517 g/mol. The predicted molar refractivity (Wildman–Crippen MR) is 155 cm³/mol. The minimum absolute atomic E-state index is 0.253. The molecule has 4 atom stereocenters. The van der Waals surface area contributed by atoms with Crippen LogP contribution in [0, 0.1) is 5.92 Å². The summed E-state index contributed by atoms with van der Waals surface area (Å²) in [6.45, 7) is 0. The maximum atomic E-state index is 13.3. The average Bonchev–Trinajstić information content (AvgIpc) is 2.99. The second kappa shape index (κ2) is 10.9. The van der Waals surface area contributed by atoms with Crippen LogP contribution in [0.5, 0.6) is 0 Å². The van der Waals surface area contributed by atoms with Crippen molar-refractivity contribution in [3.63, 3.8) is 0 Å². The molecular formula is C34H32N2O3. The van der Waals surface area contributed by atoms with Gasteiger partial charge in [0, 0.05) is 16.9 Å². The zero-order chi connectivity index (χ0) is 26.8. The summed E-state index contributed by atoms with van der Waals surface area (Å²) in [4.78, 5) is 28.5. The first kappa shape index (κ1) is 25.1. The van der Waals surface area contributed by atoms with Crippen molar-refractivity contribution in [2.45, 2.75) is 43.9 Å². The van der Waals surface area contributed by atoms with Crippen molar-refractivity contribution in [3.8, 4) is 0 Å². The Hall–Kier alpha value is -4.22. The monoisotopic (exact) mass is 516 g/mol. The van der Waals surface area contributed by atoms with Crippen LogP contribution >= 0.6 is 0 Å². The third kappa shape index (κ3) is 4.98. The number of allylic oxidation sites excluding steroid dienone is 8. The van der Waals surface area contributed by atoms with Crippen LogP contribution in [0.15, 0.2) is 126 Å². The number of aliphatic hydroxyl groups excluding tert-OH is 1. The zero-order valence-corrected chi connectivity index (χ0v) is 21.7. The summed E-state index contributed by atoms with van der Waals surface area (Å²) >= 11 is 0. The van der Waals surface area contributed by atoms with Crippen molar-refractivity contribution in [1.82, 2.24) is 0 Å². The van der Waals surface area contributed by atoms with Gasteiger partial charge in [0.2, 0.25) is 5.91 Å². The number of carbonyl (C=O) groups excluding carboxylic acids is 2. The molecule has 5 nitrogen and oxygen atoms in total. The van der Waals surface area contributed by atoms with Gasteiger partial charge in [-0.05, 0) is 60.6 Å². The first-order valence-electron chi connectivity index (χ1n) is 13.7. The minimum atomic E-state index is -1.14. The number of para-hydroxylation sites is 2. The van der Waals surface area contributed by atoms with E-state index in [9.17, 15) is 14.7 Å². The Morgan fingerprint density at radius 2 is 1.69 bits per heavy atom. The lowest BCUT2D eigenvalue weighted by molar-refractivity contribution is -0.134. The van der Waals surface area contributed by atoms with E-state index in [4.69, 9.17) is 0 Å². The van der Waals surface area contributed by atoms with Crippen LogP contribution in [0.25, 0.3) is 0 Å². The Balaban J connectivity index is 1.17. The van der Waals surface area contributed by atoms with Crippen LogP contribution < -0.4 is 10.2 Å². The van der Waals surface area contributed by atoms with Gasteiger partial charge >= 0.3 is 0 Å². The lowest BCUT2D eigenvalue weighted by Crippen LogP contribution is -2.42. The van der Waals surface area contributed by atoms with Crippen LogP contribution in [0.2, 0.25) is 0 Å². The number of nitrogens with one attached hydrogen (secondary N) is 1. The highest BCUT2D eigenvalue weighted by atomic mass is 16.3. The molecule has 4 unspecified atom stereocenters. The summed E-state index contributed by atoms with van der Waals surface area (Å²) < 4.78 is 0. The van der Waals surface area contributed by atoms with Crippen molar-refractivity contribution < 1.29 is 14.7 Å². The van der Waals surface area contributed by atoms with Gasteiger partial charge in [-0.25, -0.2) is 0 Å². The SMILES string of the molecule is O=C1Nc2ccccc2C(O)C1C(=O)C1=CC=C(C2=CCC(N(c3ccccc3)C3C=CC=CC3)C=C2)CC1. The van der Waals surface area contributed by atoms with Crippen molar-refractivity contribution in [3.05, 3.63) is 132 Å². The number of hydrogen-bond donors (Lipinski definition) is 2. The molecule has 5 heteroatoms. The lowest BCUT2D eigenvalue weighted by Gasteiger charge is -2.39. The first-order valence-corrected chi connectivity index (χ1v) is 13.7. The molecule has 196 valence electrons. The fourth-order valence-electron chi connectivity index (χ4n) is 6.00. The van der Waals surface area contributed by atoms with Crippen LogP contribution in [0.1, 0.15) is 37.4 Å². The van der Waals surface area contributed by atoms with Gasteiger partial charge in [-0.2, -0.15) is 0 Å². The molecule has 0 bridgehead atoms. The second-order valence-corrected chi connectivity index (χ2v) is 10.4. The molecule has 2 aromatic rings. The van der Waals surface area contributed by atoms with Gasteiger partial charge < -0.3 is 15.3 Å². The van der Waals surface area contributed by atoms with E-state index in [1.165, 1.54) is 16.8 Å². The molecule has 0 aromatic heterocycles. The van der Waals surface area contributed by atoms with E-state index in [-0.39, 0.29) is 11.8 Å². The van der Waals surface area contributed by atoms with Crippen LogP contribution in [-0.4, -0.2) is 28.9 Å². The molecule has 0 saturated carbocycles. The molecule has 0 radical (unpaired) electrons. The zero-order valence-electron chi connectivity index (χ0n) is 21.7. The Bertz CT molecular complexity index is 1460. The van der Waals surface area contributed by atoms with Crippen LogP contribution in [0.4, 0.5) is 11.4 Å². The number of amides is 1. The highest BCUT2D eigenvalue weighted by Gasteiger charge is 2.40. The number of aliphatic hydroxyl groups is 1. The molecule has 3 aliphatic carbocycles. The number of benzene rings is 2. The Kier molecular flexibility index (Phi) is 6.99. The van der Waals surface area contributed by atoms with Crippen molar-refractivity contribution in [1.29, 1.82) is 0 Å². The van der Waals surface area contributed by atoms with E-state index in [0.29, 0.717) is 29.3 Å². The Morgan fingerprint density at radius 3 is 2.41 bits per heavy atom. The maximum Gasteiger partial charge on any atom is 0.238 e. The molecule has 2 aromatic carbocycles. The predicted octanol–water partition coefficient (Wildman–Crippen LogP) is 6.15. The molecule has 0 spiro atoms. The molecule has 2 N–H and O–H groups in total. The van der Waals surface area contributed by atoms with E-state index < -0.39 is 17.9 Å². The van der Waals surface area contributed by atoms with E-state index in [1.807, 2.05) is 12.2 Å². The van der Waals surface area contributed by atoms with Crippen molar-refractivity contribution in [2.24, 2.45) is 5.92 Å². The summed E-state index contributed by atoms with van der Waals surface area (Å²) in [7, 11) is 0. The highest BCUT2D eigenvalue weighted by Crippen LogP contribution is 2.38. The molecule has 1 aliphatic heterocycles. The van der Waals surface area contributed by atoms with Crippen LogP contribution in [0.3, 0.4) is 0 Å². The number of nitrogens with zero attached hydrogens (tertiary/aromatic N) is 1. The van der Waals surface area contributed by atoms with Gasteiger partial charge in [-0.3, -0.25) is 9.59 Å². The normalized spacial score (nSPS) is 25.7. The molecule has 1 heterocycles.